The van der Waals surface area contributed by atoms with E-state index in [2.05, 4.69) is 10.3 Å². The van der Waals surface area contributed by atoms with Crippen molar-refractivity contribution in [2.24, 2.45) is 0 Å². The van der Waals surface area contributed by atoms with Crippen LogP contribution in [-0.4, -0.2) is 4.98 Å². The maximum Gasteiger partial charge on any atom is 0.151 e. The zero-order valence-corrected chi connectivity index (χ0v) is 11.5. The molecule has 3 N–H and O–H groups in total. The zero-order valence-electron chi connectivity index (χ0n) is 10.7. The van der Waals surface area contributed by atoms with Crippen LogP contribution in [0.1, 0.15) is 0 Å². The SMILES string of the molecule is Nc1cc(F)c(Nc2ccc(Cl)c3cccnc23)c(F)c1. The maximum atomic E-state index is 13.8. The Morgan fingerprint density at radius 1 is 1.10 bits per heavy atom. The molecule has 0 aliphatic heterocycles. The van der Waals surface area contributed by atoms with Crippen molar-refractivity contribution < 1.29 is 8.78 Å². The van der Waals surface area contributed by atoms with Crippen LogP contribution in [0.4, 0.5) is 25.8 Å². The van der Waals surface area contributed by atoms with E-state index in [1.807, 2.05) is 0 Å². The van der Waals surface area contributed by atoms with Gasteiger partial charge in [-0.2, -0.15) is 0 Å². The van der Waals surface area contributed by atoms with Crippen LogP contribution in [0.15, 0.2) is 42.6 Å². The van der Waals surface area contributed by atoms with Crippen molar-refractivity contribution in [1.82, 2.24) is 4.98 Å². The lowest BCUT2D eigenvalue weighted by atomic mass is 10.1. The molecule has 3 rings (SSSR count). The number of benzene rings is 2. The van der Waals surface area contributed by atoms with Gasteiger partial charge < -0.3 is 11.1 Å². The van der Waals surface area contributed by atoms with E-state index < -0.39 is 11.6 Å². The summed E-state index contributed by atoms with van der Waals surface area (Å²) in [5.41, 5.74) is 6.12. The number of aromatic nitrogens is 1. The van der Waals surface area contributed by atoms with E-state index in [-0.39, 0.29) is 11.4 Å². The number of hydrogen-bond donors (Lipinski definition) is 2. The minimum atomic E-state index is -0.772. The lowest BCUT2D eigenvalue weighted by Crippen LogP contribution is -2.00. The van der Waals surface area contributed by atoms with Gasteiger partial charge in [-0.3, -0.25) is 4.98 Å². The van der Waals surface area contributed by atoms with E-state index in [1.165, 1.54) is 0 Å². The Morgan fingerprint density at radius 3 is 2.52 bits per heavy atom. The minimum Gasteiger partial charge on any atom is -0.399 e. The van der Waals surface area contributed by atoms with Crippen LogP contribution < -0.4 is 11.1 Å². The summed E-state index contributed by atoms with van der Waals surface area (Å²) in [5.74, 6) is -1.54. The Kier molecular flexibility index (Phi) is 3.35. The Balaban J connectivity index is 2.13. The highest BCUT2D eigenvalue weighted by atomic mass is 35.5. The van der Waals surface area contributed by atoms with E-state index in [1.54, 1.807) is 30.5 Å². The molecule has 0 spiro atoms. The molecule has 3 aromatic rings. The third-order valence-electron chi connectivity index (χ3n) is 3.04. The Hall–Kier alpha value is -2.40. The van der Waals surface area contributed by atoms with Crippen molar-refractivity contribution in [3.8, 4) is 0 Å². The fraction of sp³-hybridized carbons (Fsp3) is 0. The molecule has 0 saturated heterocycles. The van der Waals surface area contributed by atoms with E-state index in [9.17, 15) is 8.78 Å². The van der Waals surface area contributed by atoms with Gasteiger partial charge in [-0.1, -0.05) is 11.6 Å². The second-order valence-electron chi connectivity index (χ2n) is 4.48. The van der Waals surface area contributed by atoms with Gasteiger partial charge in [0, 0.05) is 17.3 Å². The topological polar surface area (TPSA) is 50.9 Å². The monoisotopic (exact) mass is 305 g/mol. The molecule has 6 heteroatoms. The summed E-state index contributed by atoms with van der Waals surface area (Å²) in [4.78, 5) is 4.20. The van der Waals surface area contributed by atoms with Crippen molar-refractivity contribution in [2.75, 3.05) is 11.1 Å². The number of nitrogen functional groups attached to an aromatic ring is 1. The first kappa shape index (κ1) is 13.6. The Morgan fingerprint density at radius 2 is 1.81 bits per heavy atom. The van der Waals surface area contributed by atoms with Crippen molar-refractivity contribution in [1.29, 1.82) is 0 Å². The molecular formula is C15H10ClF2N3. The van der Waals surface area contributed by atoms with Gasteiger partial charge in [0.15, 0.2) is 11.6 Å². The quantitative estimate of drug-likeness (QED) is 0.686. The normalized spacial score (nSPS) is 10.8. The zero-order chi connectivity index (χ0) is 15.0. The number of anilines is 3. The fourth-order valence-corrected chi connectivity index (χ4v) is 2.30. The summed E-state index contributed by atoms with van der Waals surface area (Å²) < 4.78 is 27.7. The second kappa shape index (κ2) is 5.18. The predicted octanol–water partition coefficient (Wildman–Crippen LogP) is 4.49. The summed E-state index contributed by atoms with van der Waals surface area (Å²) >= 11 is 6.08. The summed E-state index contributed by atoms with van der Waals surface area (Å²) in [6, 6.07) is 8.88. The van der Waals surface area contributed by atoms with Crippen LogP contribution in [0.5, 0.6) is 0 Å². The highest BCUT2D eigenvalue weighted by molar-refractivity contribution is 6.35. The van der Waals surface area contributed by atoms with Crippen LogP contribution in [0.25, 0.3) is 10.9 Å². The molecule has 0 aliphatic rings. The van der Waals surface area contributed by atoms with E-state index >= 15 is 0 Å². The van der Waals surface area contributed by atoms with E-state index in [0.717, 1.165) is 12.1 Å². The van der Waals surface area contributed by atoms with Crippen LogP contribution in [0.3, 0.4) is 0 Å². The van der Waals surface area contributed by atoms with Gasteiger partial charge in [0.25, 0.3) is 0 Å². The highest BCUT2D eigenvalue weighted by Gasteiger charge is 2.13. The summed E-state index contributed by atoms with van der Waals surface area (Å²) in [7, 11) is 0. The summed E-state index contributed by atoms with van der Waals surface area (Å²) in [5, 5.41) is 3.92. The van der Waals surface area contributed by atoms with Gasteiger partial charge in [0.05, 0.1) is 16.2 Å². The van der Waals surface area contributed by atoms with E-state index in [0.29, 0.717) is 21.6 Å². The van der Waals surface area contributed by atoms with Gasteiger partial charge in [-0.15, -0.1) is 0 Å². The highest BCUT2D eigenvalue weighted by Crippen LogP contribution is 2.32. The third kappa shape index (κ3) is 2.48. The van der Waals surface area contributed by atoms with Gasteiger partial charge in [-0.05, 0) is 36.4 Å². The Bertz CT molecular complexity index is 813. The van der Waals surface area contributed by atoms with Gasteiger partial charge in [0.1, 0.15) is 5.69 Å². The minimum absolute atomic E-state index is 0.0228. The second-order valence-corrected chi connectivity index (χ2v) is 4.89. The average molecular weight is 306 g/mol. The molecule has 0 fully saturated rings. The standard InChI is InChI=1S/C15H10ClF2N3/c16-10-3-4-13(14-9(10)2-1-5-20-14)21-15-11(17)6-8(19)7-12(15)18/h1-7,21H,19H2. The molecule has 1 heterocycles. The molecule has 0 bridgehead atoms. The van der Waals surface area contributed by atoms with Crippen molar-refractivity contribution in [3.63, 3.8) is 0 Å². The largest absolute Gasteiger partial charge is 0.399 e. The smallest absolute Gasteiger partial charge is 0.151 e. The Labute approximate surface area is 124 Å². The molecule has 0 unspecified atom stereocenters. The van der Waals surface area contributed by atoms with Crippen molar-refractivity contribution in [3.05, 3.63) is 59.3 Å². The molecule has 0 radical (unpaired) electrons. The number of nitrogens with zero attached hydrogens (tertiary/aromatic N) is 1. The first-order chi connectivity index (χ1) is 10.1. The van der Waals surface area contributed by atoms with Crippen LogP contribution >= 0.6 is 11.6 Å². The number of pyridine rings is 1. The lowest BCUT2D eigenvalue weighted by Gasteiger charge is -2.12. The summed E-state index contributed by atoms with van der Waals surface area (Å²) in [6.07, 6.45) is 1.58. The molecule has 21 heavy (non-hydrogen) atoms. The average Bonchev–Trinajstić information content (AvgIpc) is 2.45. The van der Waals surface area contributed by atoms with E-state index in [4.69, 9.17) is 17.3 Å². The molecule has 0 aliphatic carbocycles. The number of nitrogens with one attached hydrogen (secondary N) is 1. The predicted molar refractivity (Wildman–Crippen MR) is 80.8 cm³/mol. The molecule has 0 saturated carbocycles. The van der Waals surface area contributed by atoms with Crippen LogP contribution in [0.2, 0.25) is 5.02 Å². The van der Waals surface area contributed by atoms with Crippen LogP contribution in [-0.2, 0) is 0 Å². The van der Waals surface area contributed by atoms with Crippen LogP contribution in [0, 0.1) is 11.6 Å². The van der Waals surface area contributed by atoms with Crippen molar-refractivity contribution in [2.45, 2.75) is 0 Å². The van der Waals surface area contributed by atoms with Crippen molar-refractivity contribution >= 4 is 39.6 Å². The molecular weight excluding hydrogens is 296 g/mol. The first-order valence-electron chi connectivity index (χ1n) is 6.11. The van der Waals surface area contributed by atoms with Gasteiger partial charge >= 0.3 is 0 Å². The molecule has 106 valence electrons. The molecule has 2 aromatic carbocycles. The molecule has 0 amide bonds. The fourth-order valence-electron chi connectivity index (χ4n) is 2.09. The number of fused-ring (bicyclic) bond motifs is 1. The number of hydrogen-bond acceptors (Lipinski definition) is 3. The first-order valence-corrected chi connectivity index (χ1v) is 6.49. The molecule has 1 aromatic heterocycles. The third-order valence-corrected chi connectivity index (χ3v) is 3.37. The van der Waals surface area contributed by atoms with Gasteiger partial charge in [-0.25, -0.2) is 8.78 Å². The molecule has 0 atom stereocenters. The molecule has 3 nitrogen and oxygen atoms in total. The number of nitrogens with two attached hydrogens (primary N) is 1. The maximum absolute atomic E-state index is 13.8. The lowest BCUT2D eigenvalue weighted by molar-refractivity contribution is 0.592. The number of halogens is 3. The van der Waals surface area contributed by atoms with Gasteiger partial charge in [0.2, 0.25) is 0 Å². The summed E-state index contributed by atoms with van der Waals surface area (Å²) in [6.45, 7) is 0. The number of rotatable bonds is 2.